The van der Waals surface area contributed by atoms with E-state index in [0.717, 1.165) is 27.7 Å². The first kappa shape index (κ1) is 20.6. The highest BCUT2D eigenvalue weighted by Gasteiger charge is 2.13. The van der Waals surface area contributed by atoms with Crippen LogP contribution in [0.1, 0.15) is 27.2 Å². The molecule has 0 radical (unpaired) electrons. The lowest BCUT2D eigenvalue weighted by Crippen LogP contribution is -2.30. The van der Waals surface area contributed by atoms with E-state index < -0.39 is 11.5 Å². The SMILES string of the molecule is Cc1c(/C=N\NC(=O)c2cccn(Cc3cccc(Cl)c3)c2=O)c2ccccc2n1C. The van der Waals surface area contributed by atoms with Gasteiger partial charge in [0.15, 0.2) is 0 Å². The molecule has 2 heterocycles. The van der Waals surface area contributed by atoms with Crippen LogP contribution in [0.5, 0.6) is 0 Å². The van der Waals surface area contributed by atoms with Gasteiger partial charge in [0, 0.05) is 40.4 Å². The van der Waals surface area contributed by atoms with Gasteiger partial charge in [-0.25, -0.2) is 5.43 Å². The minimum absolute atomic E-state index is 0.0244. The van der Waals surface area contributed by atoms with E-state index in [2.05, 4.69) is 15.1 Å². The van der Waals surface area contributed by atoms with Crippen LogP contribution in [0.2, 0.25) is 5.02 Å². The largest absolute Gasteiger partial charge is 0.347 e. The summed E-state index contributed by atoms with van der Waals surface area (Å²) in [6, 6.07) is 18.4. The number of pyridine rings is 1. The molecule has 4 rings (SSSR count). The normalized spacial score (nSPS) is 11.3. The van der Waals surface area contributed by atoms with Crippen LogP contribution in [0, 0.1) is 6.92 Å². The third kappa shape index (κ3) is 4.15. The average Bonchev–Trinajstić information content (AvgIpc) is 3.00. The Hall–Kier alpha value is -3.64. The van der Waals surface area contributed by atoms with Gasteiger partial charge in [0.25, 0.3) is 11.5 Å². The van der Waals surface area contributed by atoms with Crippen LogP contribution >= 0.6 is 11.6 Å². The van der Waals surface area contributed by atoms with Crippen molar-refractivity contribution in [1.82, 2.24) is 14.6 Å². The number of para-hydroxylation sites is 1. The lowest BCUT2D eigenvalue weighted by molar-refractivity contribution is 0.0953. The van der Waals surface area contributed by atoms with E-state index in [1.807, 2.05) is 50.4 Å². The number of nitrogens with one attached hydrogen (secondary N) is 1. The molecule has 0 aliphatic carbocycles. The topological polar surface area (TPSA) is 68.4 Å². The number of halogens is 1. The molecule has 156 valence electrons. The number of hydrazone groups is 1. The molecule has 0 aliphatic heterocycles. The fourth-order valence-electron chi connectivity index (χ4n) is 3.59. The van der Waals surface area contributed by atoms with E-state index in [1.54, 1.807) is 30.6 Å². The number of hydrogen-bond acceptors (Lipinski definition) is 3. The molecular formula is C24H21ClN4O2. The predicted octanol–water partition coefficient (Wildman–Crippen LogP) is 4.11. The number of aryl methyl sites for hydroxylation is 1. The minimum Gasteiger partial charge on any atom is -0.347 e. The van der Waals surface area contributed by atoms with Crippen molar-refractivity contribution < 1.29 is 4.79 Å². The third-order valence-electron chi connectivity index (χ3n) is 5.31. The minimum atomic E-state index is -0.556. The summed E-state index contributed by atoms with van der Waals surface area (Å²) >= 11 is 6.02. The Kier molecular flexibility index (Phi) is 5.73. The van der Waals surface area contributed by atoms with Crippen molar-refractivity contribution in [2.75, 3.05) is 0 Å². The maximum Gasteiger partial charge on any atom is 0.276 e. The first-order valence-electron chi connectivity index (χ1n) is 9.77. The highest BCUT2D eigenvalue weighted by molar-refractivity contribution is 6.30. The first-order chi connectivity index (χ1) is 15.0. The van der Waals surface area contributed by atoms with Crippen LogP contribution < -0.4 is 11.0 Å². The third-order valence-corrected chi connectivity index (χ3v) is 5.55. The number of aromatic nitrogens is 2. The van der Waals surface area contributed by atoms with Gasteiger partial charge in [-0.3, -0.25) is 9.59 Å². The maximum absolute atomic E-state index is 12.8. The molecular weight excluding hydrogens is 412 g/mol. The molecule has 6 nitrogen and oxygen atoms in total. The highest BCUT2D eigenvalue weighted by atomic mass is 35.5. The van der Waals surface area contributed by atoms with Crippen LogP contribution in [-0.4, -0.2) is 21.3 Å². The van der Waals surface area contributed by atoms with Gasteiger partial charge >= 0.3 is 0 Å². The molecule has 4 aromatic rings. The van der Waals surface area contributed by atoms with Crippen LogP contribution in [0.3, 0.4) is 0 Å². The standard InChI is InChI=1S/C24H21ClN4O2/c1-16-21(19-9-3-4-11-22(19)28(16)2)14-26-27-23(30)20-10-6-12-29(24(20)31)15-17-7-5-8-18(25)13-17/h3-14H,15H2,1-2H3,(H,27,30)/b26-14-. The molecule has 7 heteroatoms. The van der Waals surface area contributed by atoms with Crippen molar-refractivity contribution in [3.63, 3.8) is 0 Å². The number of benzene rings is 2. The molecule has 1 N–H and O–H groups in total. The van der Waals surface area contributed by atoms with Crippen molar-refractivity contribution in [2.24, 2.45) is 12.1 Å². The van der Waals surface area contributed by atoms with Crippen molar-refractivity contribution in [2.45, 2.75) is 13.5 Å². The van der Waals surface area contributed by atoms with Crippen LogP contribution in [0.25, 0.3) is 10.9 Å². The molecule has 0 fully saturated rings. The number of hydrogen-bond donors (Lipinski definition) is 1. The number of amides is 1. The monoisotopic (exact) mass is 432 g/mol. The van der Waals surface area contributed by atoms with Crippen molar-refractivity contribution in [3.8, 4) is 0 Å². The van der Waals surface area contributed by atoms with Crippen LogP contribution in [0.15, 0.2) is 76.8 Å². The molecule has 0 aliphatic rings. The summed E-state index contributed by atoms with van der Waals surface area (Å²) in [4.78, 5) is 25.4. The summed E-state index contributed by atoms with van der Waals surface area (Å²) < 4.78 is 3.54. The van der Waals surface area contributed by atoms with E-state index in [0.29, 0.717) is 11.6 Å². The Morgan fingerprint density at radius 1 is 1.13 bits per heavy atom. The zero-order valence-corrected chi connectivity index (χ0v) is 17.9. The lowest BCUT2D eigenvalue weighted by atomic mass is 10.1. The highest BCUT2D eigenvalue weighted by Crippen LogP contribution is 2.23. The van der Waals surface area contributed by atoms with Gasteiger partial charge < -0.3 is 9.13 Å². The molecule has 0 atom stereocenters. The lowest BCUT2D eigenvalue weighted by Gasteiger charge is -2.08. The second kappa shape index (κ2) is 8.62. The summed E-state index contributed by atoms with van der Waals surface area (Å²) in [5.74, 6) is -0.556. The van der Waals surface area contributed by atoms with E-state index in [4.69, 9.17) is 11.6 Å². The summed E-state index contributed by atoms with van der Waals surface area (Å²) in [6.45, 7) is 2.31. The number of fused-ring (bicyclic) bond motifs is 1. The van der Waals surface area contributed by atoms with Crippen molar-refractivity contribution in [3.05, 3.63) is 105 Å². The van der Waals surface area contributed by atoms with Gasteiger partial charge in [-0.2, -0.15) is 5.10 Å². The molecule has 2 aromatic heterocycles. The Labute approximate surface area is 184 Å². The molecule has 2 aromatic carbocycles. The summed E-state index contributed by atoms with van der Waals surface area (Å²) in [5.41, 5.74) is 6.02. The molecule has 0 unspecified atom stereocenters. The molecule has 0 spiro atoms. The van der Waals surface area contributed by atoms with Gasteiger partial charge in [-0.1, -0.05) is 41.9 Å². The zero-order valence-electron chi connectivity index (χ0n) is 17.2. The summed E-state index contributed by atoms with van der Waals surface area (Å²) in [7, 11) is 1.99. The van der Waals surface area contributed by atoms with E-state index in [9.17, 15) is 9.59 Å². The number of nitrogens with zero attached hydrogens (tertiary/aromatic N) is 3. The zero-order chi connectivity index (χ0) is 22.0. The number of rotatable bonds is 5. The predicted molar refractivity (Wildman–Crippen MR) is 124 cm³/mol. The van der Waals surface area contributed by atoms with Gasteiger partial charge in [-0.15, -0.1) is 0 Å². The maximum atomic E-state index is 12.8. The molecule has 0 bridgehead atoms. The van der Waals surface area contributed by atoms with Crippen molar-refractivity contribution >= 4 is 34.6 Å². The quantitative estimate of drug-likeness (QED) is 0.381. The summed E-state index contributed by atoms with van der Waals surface area (Å²) in [6.07, 6.45) is 3.26. The van der Waals surface area contributed by atoms with Crippen molar-refractivity contribution in [1.29, 1.82) is 0 Å². The van der Waals surface area contributed by atoms with E-state index in [-0.39, 0.29) is 5.56 Å². The first-order valence-corrected chi connectivity index (χ1v) is 10.1. The average molecular weight is 433 g/mol. The van der Waals surface area contributed by atoms with Gasteiger partial charge in [-0.05, 0) is 42.8 Å². The molecule has 0 saturated carbocycles. The van der Waals surface area contributed by atoms with E-state index in [1.165, 1.54) is 10.6 Å². The smallest absolute Gasteiger partial charge is 0.276 e. The van der Waals surface area contributed by atoms with Gasteiger partial charge in [0.05, 0.1) is 12.8 Å². The summed E-state index contributed by atoms with van der Waals surface area (Å²) in [5, 5.41) is 5.75. The Bertz CT molecular complexity index is 1370. The van der Waals surface area contributed by atoms with Crippen LogP contribution in [-0.2, 0) is 13.6 Å². The van der Waals surface area contributed by atoms with Gasteiger partial charge in [0.2, 0.25) is 0 Å². The molecule has 1 amide bonds. The second-order valence-corrected chi connectivity index (χ2v) is 7.70. The number of carbonyl (C=O) groups excluding carboxylic acids is 1. The Morgan fingerprint density at radius 3 is 2.74 bits per heavy atom. The Morgan fingerprint density at radius 2 is 1.94 bits per heavy atom. The second-order valence-electron chi connectivity index (χ2n) is 7.26. The van der Waals surface area contributed by atoms with E-state index >= 15 is 0 Å². The van der Waals surface area contributed by atoms with Gasteiger partial charge in [0.1, 0.15) is 5.56 Å². The van der Waals surface area contributed by atoms with Crippen LogP contribution in [0.4, 0.5) is 0 Å². The molecule has 31 heavy (non-hydrogen) atoms. The molecule has 0 saturated heterocycles. The Balaban J connectivity index is 1.55. The fraction of sp³-hybridized carbons (Fsp3) is 0.125. The number of carbonyl (C=O) groups is 1. The fourth-order valence-corrected chi connectivity index (χ4v) is 3.81.